The summed E-state index contributed by atoms with van der Waals surface area (Å²) in [5.41, 5.74) is 3.73. The number of hydrogen-bond donors (Lipinski definition) is 0. The van der Waals surface area contributed by atoms with Gasteiger partial charge in [0.05, 0.1) is 0 Å². The van der Waals surface area contributed by atoms with Crippen molar-refractivity contribution in [2.24, 2.45) is 0 Å². The van der Waals surface area contributed by atoms with Gasteiger partial charge >= 0.3 is 217 Å². The number of hydrogen-bond acceptors (Lipinski definition) is 5. The molecule has 5 nitrogen and oxygen atoms in total. The first kappa shape index (κ1) is 21.3. The standard InChI is InChI=1S/C29H18N4OSSe/c34-28-25(35-29-31-23-12-6-7-13-24(23)33(28)29)18-21-15-17-27(36-21)32(20-9-2-1-3-10-20)26-16-14-19-8-4-5-11-22(19)30-26/h1-18H/b25-18+. The molecular formula is C29H18N4OSSe. The van der Waals surface area contributed by atoms with E-state index in [-0.39, 0.29) is 20.1 Å². The van der Waals surface area contributed by atoms with Gasteiger partial charge in [0.25, 0.3) is 0 Å². The van der Waals surface area contributed by atoms with E-state index in [9.17, 15) is 4.79 Å². The number of rotatable bonds is 4. The van der Waals surface area contributed by atoms with Crippen LogP contribution in [-0.4, -0.2) is 28.9 Å². The van der Waals surface area contributed by atoms with E-state index in [0.717, 1.165) is 42.8 Å². The van der Waals surface area contributed by atoms with E-state index in [1.165, 1.54) is 15.9 Å². The summed E-state index contributed by atoms with van der Waals surface area (Å²) in [7, 11) is 0. The molecule has 4 aromatic heterocycles. The quantitative estimate of drug-likeness (QED) is 0.271. The van der Waals surface area contributed by atoms with Gasteiger partial charge in [-0.05, 0) is 0 Å². The molecule has 0 fully saturated rings. The first-order valence-corrected chi connectivity index (χ1v) is 14.0. The molecule has 172 valence electrons. The van der Waals surface area contributed by atoms with E-state index < -0.39 is 0 Å². The van der Waals surface area contributed by atoms with Crippen molar-refractivity contribution >= 4 is 74.9 Å². The SMILES string of the molecule is O=c1/c(=C\c2ccc(N(c3ccccc3)c3ccc4ccccc4n3)[se]2)sc2nc3ccccc3n12. The van der Waals surface area contributed by atoms with Crippen molar-refractivity contribution in [3.05, 3.63) is 122 Å². The normalized spacial score (nSPS) is 12.2. The number of nitrogens with zero attached hydrogens (tertiary/aromatic N) is 4. The van der Waals surface area contributed by atoms with E-state index in [1.807, 2.05) is 66.7 Å². The summed E-state index contributed by atoms with van der Waals surface area (Å²) in [5.74, 6) is 0.883. The number of thiazole rings is 1. The monoisotopic (exact) mass is 550 g/mol. The Balaban J connectivity index is 1.34. The number of anilines is 3. The minimum atomic E-state index is -0.00930. The third kappa shape index (κ3) is 3.57. The van der Waals surface area contributed by atoms with Gasteiger partial charge in [-0.1, -0.05) is 0 Å². The molecule has 0 atom stereocenters. The van der Waals surface area contributed by atoms with Crippen LogP contribution in [0.25, 0.3) is 33.0 Å². The second-order valence-electron chi connectivity index (χ2n) is 8.34. The van der Waals surface area contributed by atoms with Gasteiger partial charge in [0, 0.05) is 0 Å². The summed E-state index contributed by atoms with van der Waals surface area (Å²) < 4.78 is 4.74. The van der Waals surface area contributed by atoms with E-state index in [0.29, 0.717) is 4.53 Å². The molecule has 36 heavy (non-hydrogen) atoms. The molecule has 0 saturated heterocycles. The number of imidazole rings is 1. The van der Waals surface area contributed by atoms with Crippen LogP contribution in [0.4, 0.5) is 16.1 Å². The Kier molecular flexibility index (Phi) is 5.06. The van der Waals surface area contributed by atoms with Crippen LogP contribution in [-0.2, 0) is 0 Å². The molecule has 3 aromatic carbocycles. The third-order valence-electron chi connectivity index (χ3n) is 6.08. The topological polar surface area (TPSA) is 50.5 Å². The number of para-hydroxylation sites is 4. The number of benzene rings is 3. The first-order chi connectivity index (χ1) is 17.7. The van der Waals surface area contributed by atoms with Gasteiger partial charge in [-0.25, -0.2) is 0 Å². The van der Waals surface area contributed by atoms with E-state index in [4.69, 9.17) is 4.98 Å². The summed E-state index contributed by atoms with van der Waals surface area (Å²) in [6.45, 7) is 0. The fraction of sp³-hybridized carbons (Fsp3) is 0. The average Bonchev–Trinajstić information content (AvgIpc) is 3.60. The van der Waals surface area contributed by atoms with Crippen LogP contribution in [0.1, 0.15) is 4.44 Å². The molecule has 0 bridgehead atoms. The Bertz CT molecular complexity index is 1990. The van der Waals surface area contributed by atoms with Crippen molar-refractivity contribution in [1.29, 1.82) is 0 Å². The van der Waals surface area contributed by atoms with Gasteiger partial charge in [0.2, 0.25) is 0 Å². The van der Waals surface area contributed by atoms with Gasteiger partial charge in [-0.15, -0.1) is 0 Å². The molecule has 7 rings (SSSR count). The van der Waals surface area contributed by atoms with Gasteiger partial charge in [0.15, 0.2) is 0 Å². The minimum absolute atomic E-state index is 0.00373. The van der Waals surface area contributed by atoms with Crippen molar-refractivity contribution in [3.63, 3.8) is 0 Å². The molecule has 0 saturated carbocycles. The summed E-state index contributed by atoms with van der Waals surface area (Å²) >= 11 is 1.45. The van der Waals surface area contributed by atoms with Gasteiger partial charge in [0.1, 0.15) is 0 Å². The second-order valence-corrected chi connectivity index (χ2v) is 11.6. The van der Waals surface area contributed by atoms with Crippen LogP contribution >= 0.6 is 11.3 Å². The molecule has 0 aliphatic rings. The summed E-state index contributed by atoms with van der Waals surface area (Å²) in [4.78, 5) is 25.8. The summed E-state index contributed by atoms with van der Waals surface area (Å²) in [6, 6.07) is 34.7. The molecule has 0 radical (unpaired) electrons. The van der Waals surface area contributed by atoms with Crippen LogP contribution in [0.3, 0.4) is 0 Å². The molecule has 4 heterocycles. The van der Waals surface area contributed by atoms with E-state index >= 15 is 0 Å². The predicted molar refractivity (Wildman–Crippen MR) is 149 cm³/mol. The van der Waals surface area contributed by atoms with E-state index in [2.05, 4.69) is 52.3 Å². The van der Waals surface area contributed by atoms with Crippen LogP contribution in [0.2, 0.25) is 0 Å². The van der Waals surface area contributed by atoms with Crippen molar-refractivity contribution in [1.82, 2.24) is 14.4 Å². The fourth-order valence-electron chi connectivity index (χ4n) is 4.41. The van der Waals surface area contributed by atoms with E-state index in [1.54, 1.807) is 4.40 Å². The summed E-state index contributed by atoms with van der Waals surface area (Å²) in [6.07, 6.45) is 2.02. The van der Waals surface area contributed by atoms with Crippen LogP contribution in [0, 0.1) is 0 Å². The Hall–Kier alpha value is -4.03. The zero-order valence-electron chi connectivity index (χ0n) is 18.9. The molecule has 0 unspecified atom stereocenters. The summed E-state index contributed by atoms with van der Waals surface area (Å²) in [5, 5.41) is 1.12. The molecule has 7 heteroatoms. The molecule has 7 aromatic rings. The maximum atomic E-state index is 13.2. The van der Waals surface area contributed by atoms with Gasteiger partial charge in [-0.3, -0.25) is 0 Å². The number of fused-ring (bicyclic) bond motifs is 4. The van der Waals surface area contributed by atoms with Crippen molar-refractivity contribution < 1.29 is 0 Å². The Morgan fingerprint density at radius 1 is 0.778 bits per heavy atom. The van der Waals surface area contributed by atoms with Crippen molar-refractivity contribution in [2.75, 3.05) is 4.90 Å². The van der Waals surface area contributed by atoms with Crippen LogP contribution in [0.5, 0.6) is 0 Å². The molecule has 0 spiro atoms. The third-order valence-corrected chi connectivity index (χ3v) is 9.18. The number of pyridine rings is 1. The molecular weight excluding hydrogens is 531 g/mol. The predicted octanol–water partition coefficient (Wildman–Crippen LogP) is 5.53. The van der Waals surface area contributed by atoms with Gasteiger partial charge < -0.3 is 0 Å². The van der Waals surface area contributed by atoms with Gasteiger partial charge in [-0.2, -0.15) is 0 Å². The number of aromatic nitrogens is 3. The van der Waals surface area contributed by atoms with Crippen LogP contribution in [0.15, 0.2) is 108 Å². The second kappa shape index (κ2) is 8.57. The maximum absolute atomic E-state index is 13.2. The Morgan fingerprint density at radius 2 is 1.56 bits per heavy atom. The zero-order valence-corrected chi connectivity index (χ0v) is 21.4. The van der Waals surface area contributed by atoms with Crippen LogP contribution < -0.4 is 15.0 Å². The molecule has 0 aliphatic carbocycles. The Morgan fingerprint density at radius 3 is 2.44 bits per heavy atom. The van der Waals surface area contributed by atoms with Crippen molar-refractivity contribution in [3.8, 4) is 0 Å². The average molecular weight is 550 g/mol. The Labute approximate surface area is 216 Å². The molecule has 0 amide bonds. The molecule has 0 aliphatic heterocycles. The van der Waals surface area contributed by atoms with Crippen molar-refractivity contribution in [2.45, 2.75) is 0 Å². The fourth-order valence-corrected chi connectivity index (χ4v) is 7.61. The zero-order chi connectivity index (χ0) is 24.1. The molecule has 0 N–H and O–H groups in total. The first-order valence-electron chi connectivity index (χ1n) is 11.5.